The monoisotopic (exact) mass is 504 g/mol. The van der Waals surface area contributed by atoms with E-state index in [2.05, 4.69) is 12.2 Å². The number of ether oxygens (including phenoxy) is 1. The lowest BCUT2D eigenvalue weighted by molar-refractivity contribution is 0.0526. The van der Waals surface area contributed by atoms with Gasteiger partial charge in [0.2, 0.25) is 0 Å². The lowest BCUT2D eigenvalue weighted by Gasteiger charge is -2.18. The minimum absolute atomic E-state index is 0.281. The molecule has 2 aromatic carbocycles. The Kier molecular flexibility index (Phi) is 6.58. The molecule has 0 saturated carbocycles. The van der Waals surface area contributed by atoms with E-state index >= 15 is 0 Å². The normalized spacial score (nSPS) is 15.0. The predicted octanol–water partition coefficient (Wildman–Crippen LogP) is 7.17. The Balaban J connectivity index is 1.57. The topological polar surface area (TPSA) is 68.3 Å². The Morgan fingerprint density at radius 1 is 1.17 bits per heavy atom. The number of nitrogens with one attached hydrogen (secondary N) is 1. The van der Waals surface area contributed by atoms with Gasteiger partial charge in [-0.2, -0.15) is 0 Å². The lowest BCUT2D eigenvalue weighted by Crippen LogP contribution is -2.17. The molecule has 35 heavy (non-hydrogen) atoms. The van der Waals surface area contributed by atoms with Crippen LogP contribution in [0.15, 0.2) is 54.6 Å². The highest BCUT2D eigenvalue weighted by Gasteiger charge is 2.29. The second-order valence-electron chi connectivity index (χ2n) is 8.81. The van der Waals surface area contributed by atoms with Crippen LogP contribution in [0.5, 0.6) is 0 Å². The van der Waals surface area contributed by atoms with Crippen LogP contribution in [0.25, 0.3) is 22.2 Å². The van der Waals surface area contributed by atoms with Gasteiger partial charge in [0.1, 0.15) is 5.00 Å². The number of thiophene rings is 1. The number of para-hydroxylation sites is 1. The molecule has 5 nitrogen and oxygen atoms in total. The highest BCUT2D eigenvalue weighted by atomic mass is 35.5. The molecule has 7 heteroatoms. The van der Waals surface area contributed by atoms with E-state index in [-0.39, 0.29) is 18.5 Å². The number of nitrogens with zero attached hydrogens (tertiary/aromatic N) is 1. The van der Waals surface area contributed by atoms with Gasteiger partial charge in [-0.1, -0.05) is 48.9 Å². The Morgan fingerprint density at radius 2 is 1.94 bits per heavy atom. The first kappa shape index (κ1) is 23.5. The summed E-state index contributed by atoms with van der Waals surface area (Å²) in [5.41, 5.74) is 4.27. The van der Waals surface area contributed by atoms with Crippen molar-refractivity contribution >= 4 is 50.7 Å². The summed E-state index contributed by atoms with van der Waals surface area (Å²) in [6.07, 6.45) is 2.74. The first-order chi connectivity index (χ1) is 16.9. The van der Waals surface area contributed by atoms with E-state index in [0.717, 1.165) is 46.2 Å². The Labute approximate surface area is 213 Å². The molecular weight excluding hydrogens is 480 g/mol. The van der Waals surface area contributed by atoms with Gasteiger partial charge in [-0.3, -0.25) is 4.79 Å². The number of fused-ring (bicyclic) bond motifs is 2. The number of esters is 1. The second kappa shape index (κ2) is 9.80. The third-order valence-corrected chi connectivity index (χ3v) is 7.74. The Hall–Kier alpha value is -3.22. The van der Waals surface area contributed by atoms with Gasteiger partial charge >= 0.3 is 5.97 Å². The van der Waals surface area contributed by atoms with Gasteiger partial charge in [0.05, 0.1) is 28.9 Å². The van der Waals surface area contributed by atoms with Gasteiger partial charge in [-0.15, -0.1) is 11.3 Å². The summed E-state index contributed by atoms with van der Waals surface area (Å²) in [6, 6.07) is 16.7. The van der Waals surface area contributed by atoms with Crippen LogP contribution < -0.4 is 5.32 Å². The zero-order valence-electron chi connectivity index (χ0n) is 19.6. The summed E-state index contributed by atoms with van der Waals surface area (Å²) in [5.74, 6) is -0.113. The summed E-state index contributed by atoms with van der Waals surface area (Å²) in [5, 5.41) is 4.98. The van der Waals surface area contributed by atoms with E-state index in [1.54, 1.807) is 25.1 Å². The van der Waals surface area contributed by atoms with Crippen molar-refractivity contribution in [1.29, 1.82) is 0 Å². The molecule has 1 unspecified atom stereocenters. The summed E-state index contributed by atoms with van der Waals surface area (Å²) in [6.45, 7) is 4.29. The van der Waals surface area contributed by atoms with Gasteiger partial charge in [0.15, 0.2) is 0 Å². The summed E-state index contributed by atoms with van der Waals surface area (Å²) >= 11 is 7.55. The van der Waals surface area contributed by atoms with Crippen molar-refractivity contribution in [3.05, 3.63) is 81.2 Å². The van der Waals surface area contributed by atoms with Crippen LogP contribution in [0.1, 0.15) is 51.4 Å². The number of rotatable bonds is 5. The SMILES string of the molecule is CCOC(=O)c1c(NC(=O)c2cc(-c3ccc(Cl)cc3)nc3ccccc23)sc2c1CCC(C)C2. The Morgan fingerprint density at radius 3 is 2.71 bits per heavy atom. The number of halogens is 1. The summed E-state index contributed by atoms with van der Waals surface area (Å²) in [7, 11) is 0. The zero-order valence-corrected chi connectivity index (χ0v) is 21.1. The van der Waals surface area contributed by atoms with Crippen molar-refractivity contribution in [1.82, 2.24) is 4.98 Å². The van der Waals surface area contributed by atoms with Crippen LogP contribution in [0.4, 0.5) is 5.00 Å². The standard InChI is InChI=1S/C28H25ClN2O3S/c1-3-34-28(33)25-20-13-8-16(2)14-24(20)35-27(25)31-26(32)21-15-23(17-9-11-18(29)12-10-17)30-22-7-5-4-6-19(21)22/h4-7,9-12,15-16H,3,8,13-14H2,1-2H3,(H,31,32). The summed E-state index contributed by atoms with van der Waals surface area (Å²) in [4.78, 5) is 32.5. The maximum Gasteiger partial charge on any atom is 0.341 e. The molecule has 2 aromatic heterocycles. The molecule has 178 valence electrons. The van der Waals surface area contributed by atoms with Crippen LogP contribution >= 0.6 is 22.9 Å². The number of carbonyl (C=O) groups excluding carboxylic acids is 2. The molecule has 0 spiro atoms. The molecule has 0 bridgehead atoms. The molecule has 0 aliphatic heterocycles. The first-order valence-corrected chi connectivity index (χ1v) is 12.9. The minimum atomic E-state index is -0.378. The van der Waals surface area contributed by atoms with E-state index < -0.39 is 0 Å². The number of anilines is 1. The van der Waals surface area contributed by atoms with Crippen LogP contribution in [-0.4, -0.2) is 23.5 Å². The van der Waals surface area contributed by atoms with Crippen molar-refractivity contribution in [3.8, 4) is 11.3 Å². The number of amides is 1. The number of carbonyl (C=O) groups is 2. The quantitative estimate of drug-likeness (QED) is 0.292. The number of hydrogen-bond acceptors (Lipinski definition) is 5. The molecule has 0 saturated heterocycles. The molecule has 2 heterocycles. The maximum atomic E-state index is 13.7. The number of aromatic nitrogens is 1. The lowest BCUT2D eigenvalue weighted by atomic mass is 9.88. The molecule has 1 atom stereocenters. The third-order valence-electron chi connectivity index (χ3n) is 6.32. The fourth-order valence-corrected chi connectivity index (χ4v) is 6.08. The van der Waals surface area contributed by atoms with Crippen molar-refractivity contribution in [2.45, 2.75) is 33.1 Å². The van der Waals surface area contributed by atoms with E-state index in [1.165, 1.54) is 11.3 Å². The number of pyridine rings is 1. The first-order valence-electron chi connectivity index (χ1n) is 11.7. The Bertz CT molecular complexity index is 1430. The molecule has 1 aliphatic carbocycles. The molecule has 1 aliphatic rings. The molecule has 0 radical (unpaired) electrons. The van der Waals surface area contributed by atoms with E-state index in [1.807, 2.05) is 36.4 Å². The average Bonchev–Trinajstić information content (AvgIpc) is 3.20. The molecule has 1 amide bonds. The average molecular weight is 505 g/mol. The molecule has 0 fully saturated rings. The number of hydrogen-bond donors (Lipinski definition) is 1. The van der Waals surface area contributed by atoms with Gasteiger partial charge in [-0.05, 0) is 61.9 Å². The minimum Gasteiger partial charge on any atom is -0.462 e. The van der Waals surface area contributed by atoms with E-state index in [4.69, 9.17) is 21.3 Å². The fraction of sp³-hybridized carbons (Fsp3) is 0.250. The fourth-order valence-electron chi connectivity index (χ4n) is 4.56. The smallest absolute Gasteiger partial charge is 0.341 e. The highest BCUT2D eigenvalue weighted by Crippen LogP contribution is 2.40. The van der Waals surface area contributed by atoms with Gasteiger partial charge < -0.3 is 10.1 Å². The van der Waals surface area contributed by atoms with Gasteiger partial charge in [0, 0.05) is 20.8 Å². The van der Waals surface area contributed by atoms with Gasteiger partial charge in [0.25, 0.3) is 5.91 Å². The van der Waals surface area contributed by atoms with Crippen LogP contribution in [0.2, 0.25) is 5.02 Å². The maximum absolute atomic E-state index is 13.7. The van der Waals surface area contributed by atoms with E-state index in [9.17, 15) is 9.59 Å². The van der Waals surface area contributed by atoms with Crippen LogP contribution in [0.3, 0.4) is 0 Å². The van der Waals surface area contributed by atoms with Crippen LogP contribution in [0, 0.1) is 5.92 Å². The largest absolute Gasteiger partial charge is 0.462 e. The summed E-state index contributed by atoms with van der Waals surface area (Å²) < 4.78 is 5.36. The zero-order chi connectivity index (χ0) is 24.5. The van der Waals surface area contributed by atoms with Crippen molar-refractivity contribution < 1.29 is 14.3 Å². The molecule has 1 N–H and O–H groups in total. The van der Waals surface area contributed by atoms with Gasteiger partial charge in [-0.25, -0.2) is 9.78 Å². The van der Waals surface area contributed by atoms with E-state index in [0.29, 0.717) is 32.8 Å². The van der Waals surface area contributed by atoms with Crippen molar-refractivity contribution in [3.63, 3.8) is 0 Å². The number of benzene rings is 2. The van der Waals surface area contributed by atoms with Crippen molar-refractivity contribution in [2.24, 2.45) is 5.92 Å². The van der Waals surface area contributed by atoms with Crippen molar-refractivity contribution in [2.75, 3.05) is 11.9 Å². The van der Waals surface area contributed by atoms with Crippen LogP contribution in [-0.2, 0) is 17.6 Å². The molecule has 5 rings (SSSR count). The highest BCUT2D eigenvalue weighted by molar-refractivity contribution is 7.17. The second-order valence-corrected chi connectivity index (χ2v) is 10.4. The molecule has 4 aromatic rings. The molecular formula is C28H25ClN2O3S. The third kappa shape index (κ3) is 4.68. The predicted molar refractivity (Wildman–Crippen MR) is 142 cm³/mol.